The Labute approximate surface area is 114 Å². The van der Waals surface area contributed by atoms with Crippen LogP contribution in [0.3, 0.4) is 0 Å². The lowest BCUT2D eigenvalue weighted by Gasteiger charge is -2.15. The van der Waals surface area contributed by atoms with Crippen LogP contribution in [0.15, 0.2) is 29.6 Å². The maximum Gasteiger partial charge on any atom is 0.271 e. The van der Waals surface area contributed by atoms with Gasteiger partial charge in [-0.3, -0.25) is 10.1 Å². The van der Waals surface area contributed by atoms with Crippen LogP contribution < -0.4 is 5.32 Å². The largest absolute Gasteiger partial charge is 0.375 e. The van der Waals surface area contributed by atoms with E-state index in [0.29, 0.717) is 0 Å². The Morgan fingerprint density at radius 1 is 1.42 bits per heavy atom. The zero-order chi connectivity index (χ0) is 14.0. The van der Waals surface area contributed by atoms with Crippen molar-refractivity contribution in [2.45, 2.75) is 19.9 Å². The number of hydrogen-bond donors (Lipinski definition) is 1. The maximum absolute atomic E-state index is 13.7. The van der Waals surface area contributed by atoms with E-state index >= 15 is 0 Å². The summed E-state index contributed by atoms with van der Waals surface area (Å²) in [6.07, 6.45) is 0. The SMILES string of the molecule is Cc1ccsc1C(C)Nc1cc([N+](=O)[O-])ccc1F. The molecule has 19 heavy (non-hydrogen) atoms. The monoisotopic (exact) mass is 280 g/mol. The summed E-state index contributed by atoms with van der Waals surface area (Å²) in [6.45, 7) is 3.88. The van der Waals surface area contributed by atoms with Gasteiger partial charge in [0.05, 0.1) is 16.7 Å². The number of nitro groups is 1. The lowest BCUT2D eigenvalue weighted by Crippen LogP contribution is -2.08. The standard InChI is InChI=1S/C13H13FN2O2S/c1-8-5-6-19-13(8)9(2)15-12-7-10(16(17)18)3-4-11(12)14/h3-7,9,15H,1-2H3. The van der Waals surface area contributed by atoms with E-state index in [1.807, 2.05) is 25.3 Å². The van der Waals surface area contributed by atoms with Gasteiger partial charge in [-0.15, -0.1) is 11.3 Å². The third-order valence-corrected chi connectivity index (χ3v) is 4.03. The number of anilines is 1. The van der Waals surface area contributed by atoms with Crippen LogP contribution in [-0.4, -0.2) is 4.92 Å². The van der Waals surface area contributed by atoms with E-state index < -0.39 is 10.7 Å². The third-order valence-electron chi connectivity index (χ3n) is 2.83. The molecule has 2 rings (SSSR count). The number of rotatable bonds is 4. The van der Waals surface area contributed by atoms with E-state index in [0.717, 1.165) is 22.6 Å². The molecule has 0 aliphatic rings. The summed E-state index contributed by atoms with van der Waals surface area (Å²) < 4.78 is 13.7. The van der Waals surface area contributed by atoms with Crippen molar-refractivity contribution in [3.63, 3.8) is 0 Å². The predicted molar refractivity (Wildman–Crippen MR) is 74.1 cm³/mol. The van der Waals surface area contributed by atoms with Crippen LogP contribution in [0.1, 0.15) is 23.4 Å². The van der Waals surface area contributed by atoms with Gasteiger partial charge in [-0.1, -0.05) is 0 Å². The fraction of sp³-hybridized carbons (Fsp3) is 0.231. The molecule has 1 aromatic heterocycles. The maximum atomic E-state index is 13.7. The van der Waals surface area contributed by atoms with E-state index in [1.54, 1.807) is 11.3 Å². The molecule has 0 bridgehead atoms. The second-order valence-electron chi connectivity index (χ2n) is 4.26. The molecular weight excluding hydrogens is 267 g/mol. The van der Waals surface area contributed by atoms with Crippen molar-refractivity contribution in [1.29, 1.82) is 0 Å². The molecule has 0 saturated heterocycles. The molecule has 100 valence electrons. The summed E-state index contributed by atoms with van der Waals surface area (Å²) in [7, 11) is 0. The summed E-state index contributed by atoms with van der Waals surface area (Å²) in [6, 6.07) is 5.36. The smallest absolute Gasteiger partial charge is 0.271 e. The second kappa shape index (κ2) is 5.36. The van der Waals surface area contributed by atoms with Crippen molar-refractivity contribution in [3.05, 3.63) is 56.0 Å². The molecule has 0 saturated carbocycles. The number of non-ortho nitro benzene ring substituents is 1. The lowest BCUT2D eigenvalue weighted by atomic mass is 10.1. The summed E-state index contributed by atoms with van der Waals surface area (Å²) in [4.78, 5) is 11.2. The fourth-order valence-electron chi connectivity index (χ4n) is 1.86. The summed E-state index contributed by atoms with van der Waals surface area (Å²) in [5, 5.41) is 15.6. The number of thiophene rings is 1. The Hall–Kier alpha value is -1.95. The molecule has 0 radical (unpaired) electrons. The molecule has 1 atom stereocenters. The molecule has 1 unspecified atom stereocenters. The minimum absolute atomic E-state index is 0.100. The highest BCUT2D eigenvalue weighted by Crippen LogP contribution is 2.29. The number of benzene rings is 1. The molecule has 0 fully saturated rings. The highest BCUT2D eigenvalue weighted by molar-refractivity contribution is 7.10. The number of nitrogens with one attached hydrogen (secondary N) is 1. The van der Waals surface area contributed by atoms with Gasteiger partial charge >= 0.3 is 0 Å². The van der Waals surface area contributed by atoms with Crippen molar-refractivity contribution in [3.8, 4) is 0 Å². The third kappa shape index (κ3) is 2.90. The number of hydrogen-bond acceptors (Lipinski definition) is 4. The second-order valence-corrected chi connectivity index (χ2v) is 5.20. The zero-order valence-electron chi connectivity index (χ0n) is 10.5. The first-order valence-electron chi connectivity index (χ1n) is 5.73. The predicted octanol–water partition coefficient (Wildman–Crippen LogP) is 4.28. The van der Waals surface area contributed by atoms with Crippen molar-refractivity contribution in [2.24, 2.45) is 0 Å². The highest BCUT2D eigenvalue weighted by Gasteiger charge is 2.15. The van der Waals surface area contributed by atoms with Crippen molar-refractivity contribution < 1.29 is 9.31 Å². The molecule has 4 nitrogen and oxygen atoms in total. The lowest BCUT2D eigenvalue weighted by molar-refractivity contribution is -0.384. The van der Waals surface area contributed by atoms with Crippen molar-refractivity contribution in [2.75, 3.05) is 5.32 Å². The van der Waals surface area contributed by atoms with E-state index in [-0.39, 0.29) is 17.4 Å². The van der Waals surface area contributed by atoms with Gasteiger partial charge in [0.15, 0.2) is 0 Å². The van der Waals surface area contributed by atoms with Gasteiger partial charge in [0.25, 0.3) is 5.69 Å². The van der Waals surface area contributed by atoms with Crippen LogP contribution in [0.25, 0.3) is 0 Å². The van der Waals surface area contributed by atoms with Crippen molar-refractivity contribution in [1.82, 2.24) is 0 Å². The molecule has 1 aromatic carbocycles. The topological polar surface area (TPSA) is 55.2 Å². The van der Waals surface area contributed by atoms with Crippen LogP contribution >= 0.6 is 11.3 Å². The van der Waals surface area contributed by atoms with E-state index in [2.05, 4.69) is 5.32 Å². The van der Waals surface area contributed by atoms with Crippen molar-refractivity contribution >= 4 is 22.7 Å². The Morgan fingerprint density at radius 2 is 2.16 bits per heavy atom. The summed E-state index contributed by atoms with van der Waals surface area (Å²) in [5.41, 5.74) is 1.14. The molecule has 0 aliphatic carbocycles. The van der Waals surface area contributed by atoms with Gasteiger partial charge in [-0.2, -0.15) is 0 Å². The van der Waals surface area contributed by atoms with Gasteiger partial charge in [-0.25, -0.2) is 4.39 Å². The quantitative estimate of drug-likeness (QED) is 0.672. The van der Waals surface area contributed by atoms with Gasteiger partial charge in [-0.05, 0) is 36.9 Å². The molecule has 0 amide bonds. The minimum atomic E-state index is -0.536. The molecule has 1 N–H and O–H groups in total. The molecule has 0 aliphatic heterocycles. The molecule has 2 aromatic rings. The summed E-state index contributed by atoms with van der Waals surface area (Å²) >= 11 is 1.57. The number of nitro benzene ring substituents is 1. The molecule has 1 heterocycles. The Morgan fingerprint density at radius 3 is 2.74 bits per heavy atom. The fourth-order valence-corrected chi connectivity index (χ4v) is 2.80. The molecular formula is C13H13FN2O2S. The Bertz CT molecular complexity index is 612. The number of aryl methyl sites for hydroxylation is 1. The summed E-state index contributed by atoms with van der Waals surface area (Å²) in [5.74, 6) is -0.494. The van der Waals surface area contributed by atoms with Crippen LogP contribution in [0.2, 0.25) is 0 Å². The van der Waals surface area contributed by atoms with E-state index in [9.17, 15) is 14.5 Å². The first-order chi connectivity index (χ1) is 8.99. The average Bonchev–Trinajstić information content (AvgIpc) is 2.78. The van der Waals surface area contributed by atoms with Gasteiger partial charge < -0.3 is 5.32 Å². The first-order valence-corrected chi connectivity index (χ1v) is 6.61. The van der Waals surface area contributed by atoms with E-state index in [1.165, 1.54) is 6.07 Å². The van der Waals surface area contributed by atoms with Gasteiger partial charge in [0, 0.05) is 17.0 Å². The van der Waals surface area contributed by atoms with Crippen LogP contribution in [-0.2, 0) is 0 Å². The average molecular weight is 280 g/mol. The Kier molecular flexibility index (Phi) is 3.80. The molecule has 6 heteroatoms. The molecule has 0 spiro atoms. The first kappa shape index (κ1) is 13.5. The minimum Gasteiger partial charge on any atom is -0.375 e. The highest BCUT2D eigenvalue weighted by atomic mass is 32.1. The Balaban J connectivity index is 2.26. The number of halogens is 1. The van der Waals surface area contributed by atoms with Gasteiger partial charge in [0.1, 0.15) is 5.82 Å². The van der Waals surface area contributed by atoms with Gasteiger partial charge in [0.2, 0.25) is 0 Å². The normalized spacial score (nSPS) is 12.2. The van der Waals surface area contributed by atoms with Crippen LogP contribution in [0.5, 0.6) is 0 Å². The van der Waals surface area contributed by atoms with Crippen LogP contribution in [0, 0.1) is 22.9 Å². The van der Waals surface area contributed by atoms with Crippen LogP contribution in [0.4, 0.5) is 15.8 Å². The zero-order valence-corrected chi connectivity index (χ0v) is 11.3. The van der Waals surface area contributed by atoms with E-state index in [4.69, 9.17) is 0 Å². The number of nitrogens with zero attached hydrogens (tertiary/aromatic N) is 1.